The summed E-state index contributed by atoms with van der Waals surface area (Å²) in [6.45, 7) is 2.03. The largest absolute Gasteiger partial charge is 0.416 e. The molecule has 0 unspecified atom stereocenters. The van der Waals surface area contributed by atoms with Gasteiger partial charge in [-0.2, -0.15) is 18.3 Å². The van der Waals surface area contributed by atoms with Crippen molar-refractivity contribution in [2.24, 2.45) is 18.5 Å². The number of thiophene rings is 1. The Morgan fingerprint density at radius 1 is 1.31 bits per heavy atom. The number of nitrogens with zero attached hydrogens (tertiary/aromatic N) is 2. The first-order chi connectivity index (χ1) is 13.6. The van der Waals surface area contributed by atoms with E-state index in [0.717, 1.165) is 28.3 Å². The van der Waals surface area contributed by atoms with E-state index in [1.165, 1.54) is 17.4 Å². The second-order valence-corrected chi connectivity index (χ2v) is 8.04. The van der Waals surface area contributed by atoms with Crippen molar-refractivity contribution in [1.29, 1.82) is 0 Å². The molecule has 0 aliphatic heterocycles. The number of rotatable bonds is 6. The number of amides is 1. The maximum absolute atomic E-state index is 13.1. The fourth-order valence-corrected chi connectivity index (χ4v) is 4.64. The van der Waals surface area contributed by atoms with Gasteiger partial charge >= 0.3 is 6.18 Å². The van der Waals surface area contributed by atoms with Crippen molar-refractivity contribution in [3.8, 4) is 11.3 Å². The molecule has 1 amide bonds. The van der Waals surface area contributed by atoms with E-state index in [1.54, 1.807) is 24.0 Å². The molecule has 2 aromatic heterocycles. The number of benzene rings is 1. The minimum atomic E-state index is -4.43. The molecule has 0 spiro atoms. The van der Waals surface area contributed by atoms with Gasteiger partial charge in [-0.3, -0.25) is 9.48 Å². The lowest BCUT2D eigenvalue weighted by Gasteiger charge is -2.19. The average Bonchev–Trinajstić information content (AvgIpc) is 3.22. The van der Waals surface area contributed by atoms with Crippen molar-refractivity contribution in [2.75, 3.05) is 6.54 Å². The van der Waals surface area contributed by atoms with Crippen LogP contribution in [0.5, 0.6) is 0 Å². The third kappa shape index (κ3) is 4.20. The zero-order valence-electron chi connectivity index (χ0n) is 16.0. The predicted octanol–water partition coefficient (Wildman–Crippen LogP) is 3.86. The monoisotopic (exact) mass is 422 g/mol. The van der Waals surface area contributed by atoms with Gasteiger partial charge in [0.1, 0.15) is 0 Å². The second-order valence-electron chi connectivity index (χ2n) is 6.82. The van der Waals surface area contributed by atoms with Crippen molar-refractivity contribution in [3.63, 3.8) is 0 Å². The molecule has 1 atom stereocenters. The van der Waals surface area contributed by atoms with Crippen molar-refractivity contribution < 1.29 is 18.0 Å². The van der Waals surface area contributed by atoms with Crippen molar-refractivity contribution >= 4 is 17.2 Å². The van der Waals surface area contributed by atoms with Crippen molar-refractivity contribution in [3.05, 3.63) is 63.0 Å². The van der Waals surface area contributed by atoms with Crippen molar-refractivity contribution in [1.82, 2.24) is 9.78 Å². The van der Waals surface area contributed by atoms with Crippen LogP contribution < -0.4 is 11.5 Å². The number of primary amides is 1. The van der Waals surface area contributed by atoms with Crippen LogP contribution in [0.1, 0.15) is 37.2 Å². The van der Waals surface area contributed by atoms with Gasteiger partial charge in [-0.1, -0.05) is 18.2 Å². The Hall–Kier alpha value is -2.65. The van der Waals surface area contributed by atoms with Crippen molar-refractivity contribution in [2.45, 2.75) is 25.4 Å². The quantitative estimate of drug-likeness (QED) is 0.632. The number of alkyl halides is 3. The highest BCUT2D eigenvalue weighted by Gasteiger charge is 2.31. The molecular weight excluding hydrogens is 401 g/mol. The Morgan fingerprint density at radius 3 is 2.59 bits per heavy atom. The summed E-state index contributed by atoms with van der Waals surface area (Å²) in [5, 5.41) is 4.19. The summed E-state index contributed by atoms with van der Waals surface area (Å²) in [5.41, 5.74) is 13.7. The van der Waals surface area contributed by atoms with E-state index in [2.05, 4.69) is 5.10 Å². The molecule has 29 heavy (non-hydrogen) atoms. The number of hydrogen-bond donors (Lipinski definition) is 2. The minimum Gasteiger partial charge on any atom is -0.365 e. The van der Waals surface area contributed by atoms with Crippen LogP contribution in [0.4, 0.5) is 13.2 Å². The summed E-state index contributed by atoms with van der Waals surface area (Å²) in [6, 6.07) is 6.98. The molecule has 0 aliphatic rings. The van der Waals surface area contributed by atoms with Gasteiger partial charge in [0.15, 0.2) is 0 Å². The van der Waals surface area contributed by atoms with Crippen LogP contribution in [0.3, 0.4) is 0 Å². The molecule has 154 valence electrons. The molecule has 0 saturated heterocycles. The molecule has 9 heteroatoms. The van der Waals surface area contributed by atoms with Crippen LogP contribution in [0, 0.1) is 6.92 Å². The van der Waals surface area contributed by atoms with E-state index in [9.17, 15) is 18.0 Å². The molecule has 1 aromatic carbocycles. The third-order valence-electron chi connectivity index (χ3n) is 4.85. The molecule has 4 N–H and O–H groups in total. The summed E-state index contributed by atoms with van der Waals surface area (Å²) in [7, 11) is 1.78. The lowest BCUT2D eigenvalue weighted by Crippen LogP contribution is -2.20. The van der Waals surface area contributed by atoms with E-state index < -0.39 is 17.6 Å². The average molecular weight is 422 g/mol. The summed E-state index contributed by atoms with van der Waals surface area (Å²) < 4.78 is 40.9. The molecule has 3 aromatic rings. The van der Waals surface area contributed by atoms with Gasteiger partial charge in [0.2, 0.25) is 0 Å². The molecule has 0 bridgehead atoms. The Kier molecular flexibility index (Phi) is 5.81. The lowest BCUT2D eigenvalue weighted by molar-refractivity contribution is -0.137. The Balaban J connectivity index is 2.10. The van der Waals surface area contributed by atoms with Crippen LogP contribution in [-0.4, -0.2) is 22.2 Å². The maximum Gasteiger partial charge on any atom is 0.416 e. The van der Waals surface area contributed by atoms with Crippen LogP contribution in [0.2, 0.25) is 0 Å². The molecule has 0 radical (unpaired) electrons. The number of nitrogens with two attached hydrogens (primary N) is 2. The zero-order valence-corrected chi connectivity index (χ0v) is 16.8. The fraction of sp³-hybridized carbons (Fsp3) is 0.300. The molecule has 3 rings (SSSR count). The van der Waals surface area contributed by atoms with Gasteiger partial charge < -0.3 is 11.5 Å². The minimum absolute atomic E-state index is 0.150. The number of carbonyl (C=O) groups is 1. The van der Waals surface area contributed by atoms with Crippen LogP contribution in [-0.2, 0) is 19.6 Å². The zero-order chi connectivity index (χ0) is 21.3. The van der Waals surface area contributed by atoms with E-state index >= 15 is 0 Å². The fourth-order valence-electron chi connectivity index (χ4n) is 3.53. The normalized spacial score (nSPS) is 12.9. The van der Waals surface area contributed by atoms with Crippen LogP contribution in [0.15, 0.2) is 36.5 Å². The molecule has 0 saturated carbocycles. The number of aryl methyl sites for hydroxylation is 2. The molecular formula is C20H21F3N4OS. The Labute approximate surface area is 170 Å². The van der Waals surface area contributed by atoms with E-state index in [0.29, 0.717) is 16.0 Å². The van der Waals surface area contributed by atoms with E-state index in [4.69, 9.17) is 11.5 Å². The van der Waals surface area contributed by atoms with E-state index in [-0.39, 0.29) is 18.9 Å². The number of halogens is 3. The number of aromatic nitrogens is 2. The van der Waals surface area contributed by atoms with Gasteiger partial charge in [0.25, 0.3) is 5.91 Å². The van der Waals surface area contributed by atoms with Gasteiger partial charge in [-0.25, -0.2) is 0 Å². The smallest absolute Gasteiger partial charge is 0.365 e. The van der Waals surface area contributed by atoms with Gasteiger partial charge in [0.05, 0.1) is 16.1 Å². The molecule has 5 nitrogen and oxygen atoms in total. The number of carbonyl (C=O) groups excluding carboxylic acids is 1. The third-order valence-corrected chi connectivity index (χ3v) is 5.99. The first kappa shape index (κ1) is 21.1. The molecule has 0 aliphatic carbocycles. The topological polar surface area (TPSA) is 86.9 Å². The number of hydrogen-bond acceptors (Lipinski definition) is 4. The van der Waals surface area contributed by atoms with E-state index in [1.807, 2.05) is 13.0 Å². The summed E-state index contributed by atoms with van der Waals surface area (Å²) in [6.07, 6.45) is -2.53. The molecule has 0 fully saturated rings. The second kappa shape index (κ2) is 8.00. The standard InChI is InChI=1S/C20H21F3N4OS/c1-11-16(15-6-7-26-27(15)2)17(18(29-11)19(25)28)13(10-24)8-12-4-3-5-14(9-12)20(21,22)23/h3-7,9,13H,8,10,24H2,1-2H3,(H2,25,28)/t13-/m1/s1. The highest BCUT2D eigenvalue weighted by atomic mass is 32.1. The first-order valence-corrected chi connectivity index (χ1v) is 9.72. The van der Waals surface area contributed by atoms with Crippen LogP contribution >= 0.6 is 11.3 Å². The SMILES string of the molecule is Cc1sc(C(N)=O)c([C@@H](CN)Cc2cccc(C(F)(F)F)c2)c1-c1ccnn1C. The summed E-state index contributed by atoms with van der Waals surface area (Å²) >= 11 is 1.27. The predicted molar refractivity (Wildman–Crippen MR) is 107 cm³/mol. The van der Waals surface area contributed by atoms with Gasteiger partial charge in [-0.15, -0.1) is 11.3 Å². The van der Waals surface area contributed by atoms with Gasteiger partial charge in [0, 0.05) is 29.6 Å². The lowest BCUT2D eigenvalue weighted by atomic mass is 9.87. The Morgan fingerprint density at radius 2 is 2.03 bits per heavy atom. The summed E-state index contributed by atoms with van der Waals surface area (Å²) in [5.74, 6) is -0.958. The first-order valence-electron chi connectivity index (χ1n) is 8.91. The summed E-state index contributed by atoms with van der Waals surface area (Å²) in [4.78, 5) is 13.4. The van der Waals surface area contributed by atoms with Gasteiger partial charge in [-0.05, 0) is 43.1 Å². The van der Waals surface area contributed by atoms with Crippen LogP contribution in [0.25, 0.3) is 11.3 Å². The maximum atomic E-state index is 13.1. The highest BCUT2D eigenvalue weighted by Crippen LogP contribution is 2.41. The molecule has 2 heterocycles. The Bertz CT molecular complexity index is 1040. The highest BCUT2D eigenvalue weighted by molar-refractivity contribution is 7.14.